The molecule has 0 fully saturated rings. The quantitative estimate of drug-likeness (QED) is 0.0440. The summed E-state index contributed by atoms with van der Waals surface area (Å²) in [6, 6.07) is 0. The number of carboxylic acid groups (broad SMARTS) is 1. The van der Waals surface area contributed by atoms with Crippen molar-refractivity contribution in [1.82, 2.24) is 0 Å². The fourth-order valence-electron chi connectivity index (χ4n) is 5.39. The first-order valence-electron chi connectivity index (χ1n) is 19.6. The smallest absolute Gasteiger partial charge is 0.305 e. The van der Waals surface area contributed by atoms with Gasteiger partial charge in [0.25, 0.3) is 0 Å². The summed E-state index contributed by atoms with van der Waals surface area (Å²) < 4.78 is 5.16. The summed E-state index contributed by atoms with van der Waals surface area (Å²) in [6.07, 6.45) is 44.3. The minimum absolute atomic E-state index is 0.00172. The topological polar surface area (TPSA) is 63.6 Å². The largest absolute Gasteiger partial charge is 0.481 e. The van der Waals surface area contributed by atoms with Crippen molar-refractivity contribution in [2.24, 2.45) is 0 Å². The van der Waals surface area contributed by atoms with Crippen molar-refractivity contribution in [3.05, 3.63) is 12.2 Å². The zero-order valence-electron chi connectivity index (χ0n) is 30.2. The van der Waals surface area contributed by atoms with Crippen molar-refractivity contribution >= 4 is 11.9 Å². The van der Waals surface area contributed by atoms with E-state index in [0.717, 1.165) is 32.1 Å². The monoisotopic (exact) mass is 623 g/mol. The Bertz CT molecular complexity index is 586. The molecule has 0 saturated heterocycles. The first kappa shape index (κ1) is 44.8. The lowest BCUT2D eigenvalue weighted by atomic mass is 10.0. The summed E-state index contributed by atoms with van der Waals surface area (Å²) >= 11 is 0. The van der Waals surface area contributed by atoms with Crippen LogP contribution >= 0.6 is 0 Å². The van der Waals surface area contributed by atoms with Gasteiger partial charge in [-0.15, -0.1) is 0 Å². The second kappa shape index (κ2) is 41.7. The van der Waals surface area contributed by atoms with Crippen molar-refractivity contribution in [3.8, 4) is 0 Å². The highest BCUT2D eigenvalue weighted by Crippen LogP contribution is 2.14. The summed E-state index contributed by atoms with van der Waals surface area (Å²) in [5.74, 6) is -0.666. The van der Waals surface area contributed by atoms with Gasteiger partial charge in [-0.25, -0.2) is 0 Å². The van der Waals surface area contributed by atoms with E-state index in [2.05, 4.69) is 32.9 Å². The van der Waals surface area contributed by atoms with Gasteiger partial charge in [0.1, 0.15) is 0 Å². The van der Waals surface area contributed by atoms with Gasteiger partial charge >= 0.3 is 11.9 Å². The van der Waals surface area contributed by atoms with Crippen LogP contribution < -0.4 is 0 Å². The molecule has 0 aromatic carbocycles. The van der Waals surface area contributed by atoms with E-state index in [9.17, 15) is 9.59 Å². The molecular weight excluding hydrogens is 544 g/mol. The second-order valence-electron chi connectivity index (χ2n) is 13.0. The van der Waals surface area contributed by atoms with Crippen LogP contribution in [0.15, 0.2) is 12.2 Å². The Kier molecular flexibility index (Phi) is 42.4. The van der Waals surface area contributed by atoms with Crippen LogP contribution in [0.2, 0.25) is 0 Å². The Balaban J connectivity index is 0. The number of carbonyl (C=O) groups is 2. The SMILES string of the molecule is CCCCCCCC/C=C\CCCCCCCC(=O)O.CCCCCCCCCCCCCCCCCC(=O)OCCCC. The molecule has 0 aromatic rings. The molecular formula is C40H78O4. The third-order valence-corrected chi connectivity index (χ3v) is 8.40. The summed E-state index contributed by atoms with van der Waals surface area (Å²) in [7, 11) is 0. The zero-order valence-corrected chi connectivity index (χ0v) is 30.2. The van der Waals surface area contributed by atoms with E-state index in [4.69, 9.17) is 9.84 Å². The van der Waals surface area contributed by atoms with Crippen LogP contribution in [0.1, 0.15) is 226 Å². The molecule has 0 aromatic heterocycles. The normalized spacial score (nSPS) is 11.1. The van der Waals surface area contributed by atoms with Gasteiger partial charge in [0.05, 0.1) is 6.61 Å². The predicted octanol–water partition coefficient (Wildman–Crippen LogP) is 13.7. The molecule has 0 unspecified atom stereocenters. The minimum Gasteiger partial charge on any atom is -0.481 e. The van der Waals surface area contributed by atoms with Crippen LogP contribution in [-0.4, -0.2) is 23.7 Å². The van der Waals surface area contributed by atoms with E-state index < -0.39 is 5.97 Å². The molecule has 0 radical (unpaired) electrons. The summed E-state index contributed by atoms with van der Waals surface area (Å²) in [5.41, 5.74) is 0. The highest BCUT2D eigenvalue weighted by atomic mass is 16.5. The van der Waals surface area contributed by atoms with Crippen LogP contribution in [0.4, 0.5) is 0 Å². The molecule has 0 aliphatic rings. The van der Waals surface area contributed by atoms with E-state index in [1.807, 2.05) is 0 Å². The molecule has 44 heavy (non-hydrogen) atoms. The van der Waals surface area contributed by atoms with Gasteiger partial charge < -0.3 is 9.84 Å². The standard InChI is InChI=1S/C22H44O2.C18H34O2/c1-3-5-7-8-9-10-11-12-13-14-15-16-17-18-19-20-22(23)24-21-6-4-2;1-2-3-4-5-6-7-8-9-10-11-12-13-14-15-16-17-18(19)20/h3-21H2,1-2H3;9-10H,2-8,11-17H2,1H3,(H,19,20)/b;10-9-. The molecule has 0 bridgehead atoms. The molecule has 0 heterocycles. The molecule has 0 spiro atoms. The molecule has 1 N–H and O–H groups in total. The maximum Gasteiger partial charge on any atom is 0.305 e. The average Bonchev–Trinajstić information content (AvgIpc) is 3.01. The van der Waals surface area contributed by atoms with Crippen molar-refractivity contribution in [1.29, 1.82) is 0 Å². The van der Waals surface area contributed by atoms with E-state index in [1.54, 1.807) is 0 Å². The zero-order chi connectivity index (χ0) is 32.6. The maximum absolute atomic E-state index is 11.4. The van der Waals surface area contributed by atoms with Crippen molar-refractivity contribution < 1.29 is 19.4 Å². The third-order valence-electron chi connectivity index (χ3n) is 8.40. The van der Waals surface area contributed by atoms with Crippen LogP contribution in [0, 0.1) is 0 Å². The summed E-state index contributed by atoms with van der Waals surface area (Å²) in [5, 5.41) is 8.51. The van der Waals surface area contributed by atoms with Gasteiger partial charge in [-0.05, 0) is 44.9 Å². The molecule has 262 valence electrons. The Morgan fingerprint density at radius 3 is 1.11 bits per heavy atom. The van der Waals surface area contributed by atoms with E-state index in [-0.39, 0.29) is 5.97 Å². The van der Waals surface area contributed by atoms with Crippen molar-refractivity contribution in [2.75, 3.05) is 6.61 Å². The Labute approximate surface area is 276 Å². The van der Waals surface area contributed by atoms with Gasteiger partial charge in [-0.2, -0.15) is 0 Å². The van der Waals surface area contributed by atoms with E-state index in [0.29, 0.717) is 19.4 Å². The Hall–Kier alpha value is -1.32. The second-order valence-corrected chi connectivity index (χ2v) is 13.0. The molecule has 0 aliphatic heterocycles. The van der Waals surface area contributed by atoms with Gasteiger partial charge in [-0.1, -0.05) is 181 Å². The first-order chi connectivity index (χ1) is 21.6. The number of carbonyl (C=O) groups excluding carboxylic acids is 1. The number of aliphatic carboxylic acids is 1. The van der Waals surface area contributed by atoms with Gasteiger partial charge in [0.15, 0.2) is 0 Å². The highest BCUT2D eigenvalue weighted by molar-refractivity contribution is 5.69. The highest BCUT2D eigenvalue weighted by Gasteiger charge is 2.02. The number of esters is 1. The van der Waals surface area contributed by atoms with Crippen molar-refractivity contribution in [2.45, 2.75) is 226 Å². The molecule has 4 heteroatoms. The molecule has 4 nitrogen and oxygen atoms in total. The first-order valence-corrected chi connectivity index (χ1v) is 19.6. The predicted molar refractivity (Wildman–Crippen MR) is 193 cm³/mol. The van der Waals surface area contributed by atoms with E-state index >= 15 is 0 Å². The van der Waals surface area contributed by atoms with Crippen LogP contribution in [0.5, 0.6) is 0 Å². The molecule has 0 saturated carbocycles. The van der Waals surface area contributed by atoms with E-state index in [1.165, 1.54) is 161 Å². The van der Waals surface area contributed by atoms with Gasteiger partial charge in [-0.3, -0.25) is 9.59 Å². The third kappa shape index (κ3) is 45.1. The Morgan fingerprint density at radius 2 is 0.750 bits per heavy atom. The lowest BCUT2D eigenvalue weighted by Crippen LogP contribution is -2.05. The lowest BCUT2D eigenvalue weighted by Gasteiger charge is -2.04. The fourth-order valence-corrected chi connectivity index (χ4v) is 5.39. The lowest BCUT2D eigenvalue weighted by molar-refractivity contribution is -0.144. The molecule has 0 rings (SSSR count). The number of rotatable bonds is 34. The van der Waals surface area contributed by atoms with Gasteiger partial charge in [0, 0.05) is 12.8 Å². The van der Waals surface area contributed by atoms with Crippen LogP contribution in [-0.2, 0) is 14.3 Å². The summed E-state index contributed by atoms with van der Waals surface area (Å²) in [4.78, 5) is 21.8. The minimum atomic E-state index is -0.664. The maximum atomic E-state index is 11.4. The number of hydrogen-bond acceptors (Lipinski definition) is 3. The number of unbranched alkanes of at least 4 members (excludes halogenated alkanes) is 26. The number of allylic oxidation sites excluding steroid dienone is 2. The van der Waals surface area contributed by atoms with Gasteiger partial charge in [0.2, 0.25) is 0 Å². The number of ether oxygens (including phenoxy) is 1. The molecule has 0 aliphatic carbocycles. The summed E-state index contributed by atoms with van der Waals surface area (Å²) in [6.45, 7) is 7.26. The van der Waals surface area contributed by atoms with Crippen LogP contribution in [0.3, 0.4) is 0 Å². The number of carboxylic acids is 1. The molecule has 0 amide bonds. The molecule has 0 atom stereocenters. The van der Waals surface area contributed by atoms with Crippen LogP contribution in [0.25, 0.3) is 0 Å². The fraction of sp³-hybridized carbons (Fsp3) is 0.900. The van der Waals surface area contributed by atoms with Crippen molar-refractivity contribution in [3.63, 3.8) is 0 Å². The number of hydrogen-bond donors (Lipinski definition) is 1. The average molecular weight is 623 g/mol. The Morgan fingerprint density at radius 1 is 0.432 bits per heavy atom.